The third kappa shape index (κ3) is 5.35. The maximum Gasteiger partial charge on any atom is 0.328 e. The molecule has 32 heavy (non-hydrogen) atoms. The zero-order chi connectivity index (χ0) is 23.6. The molecule has 1 heterocycles. The molecule has 0 aromatic heterocycles. The number of imide groups is 1. The van der Waals surface area contributed by atoms with Crippen molar-refractivity contribution in [2.24, 2.45) is 0 Å². The Hall–Kier alpha value is -1.90. The topological polar surface area (TPSA) is 72.9 Å². The molecule has 0 saturated carbocycles. The second-order valence-electron chi connectivity index (χ2n) is 6.59. The van der Waals surface area contributed by atoms with Gasteiger partial charge in [-0.3, -0.25) is 14.5 Å². The minimum Gasteiger partial charge on any atom is -0.486 e. The highest BCUT2D eigenvalue weighted by Crippen LogP contribution is 2.38. The van der Waals surface area contributed by atoms with Crippen LogP contribution in [-0.4, -0.2) is 35.2 Å². The lowest BCUT2D eigenvalue weighted by Gasteiger charge is -2.18. The molecule has 0 N–H and O–H groups in total. The number of thioether (sulfide) groups is 1. The van der Waals surface area contributed by atoms with Gasteiger partial charge in [0.15, 0.2) is 5.75 Å². The van der Waals surface area contributed by atoms with Crippen LogP contribution in [-0.2, 0) is 20.9 Å². The molecule has 0 spiro atoms. The summed E-state index contributed by atoms with van der Waals surface area (Å²) in [6, 6.07) is 7.07. The first kappa shape index (κ1) is 24.7. The standard InChI is InChI=1S/C21H15Cl4NO5S/c1-10(20(28)30-2)26-19(27)17(32-21(26)29)7-11-5-15(24)18(16(25)6-11)31-9-12-3-4-13(22)8-14(12)23/h3-8,10H,9H2,1-2H3/b17-7+/t10-/m0/s1. The van der Waals surface area contributed by atoms with E-state index in [4.69, 9.17) is 51.1 Å². The number of ether oxygens (including phenoxy) is 2. The van der Waals surface area contributed by atoms with Crippen molar-refractivity contribution in [3.63, 3.8) is 0 Å². The van der Waals surface area contributed by atoms with Crippen molar-refractivity contribution in [1.82, 2.24) is 4.90 Å². The molecule has 1 aliphatic heterocycles. The van der Waals surface area contributed by atoms with E-state index in [1.165, 1.54) is 20.1 Å². The van der Waals surface area contributed by atoms with Gasteiger partial charge in [0, 0.05) is 15.6 Å². The first-order chi connectivity index (χ1) is 15.1. The minimum atomic E-state index is -1.04. The summed E-state index contributed by atoms with van der Waals surface area (Å²) in [6.07, 6.45) is 1.46. The van der Waals surface area contributed by atoms with Crippen LogP contribution in [0, 0.1) is 0 Å². The van der Waals surface area contributed by atoms with Crippen molar-refractivity contribution >= 4 is 81.4 Å². The van der Waals surface area contributed by atoms with Crippen molar-refractivity contribution < 1.29 is 23.9 Å². The summed E-state index contributed by atoms with van der Waals surface area (Å²) >= 11 is 25.4. The van der Waals surface area contributed by atoms with Gasteiger partial charge in [-0.2, -0.15) is 0 Å². The molecular formula is C21H15Cl4NO5S. The van der Waals surface area contributed by atoms with Gasteiger partial charge in [-0.25, -0.2) is 4.79 Å². The molecule has 1 aliphatic rings. The minimum absolute atomic E-state index is 0.110. The van der Waals surface area contributed by atoms with Gasteiger partial charge in [0.05, 0.1) is 22.1 Å². The van der Waals surface area contributed by atoms with E-state index in [1.54, 1.807) is 30.3 Å². The summed E-state index contributed by atoms with van der Waals surface area (Å²) in [5.41, 5.74) is 1.17. The largest absolute Gasteiger partial charge is 0.486 e. The van der Waals surface area contributed by atoms with Crippen LogP contribution in [0.15, 0.2) is 35.2 Å². The molecule has 2 aromatic rings. The van der Waals surface area contributed by atoms with E-state index >= 15 is 0 Å². The van der Waals surface area contributed by atoms with E-state index in [2.05, 4.69) is 4.74 Å². The average Bonchev–Trinajstić information content (AvgIpc) is 3.00. The molecule has 2 amide bonds. The Morgan fingerprint density at radius 1 is 1.09 bits per heavy atom. The SMILES string of the molecule is COC(=O)[C@H](C)N1C(=O)S/C(=C/c2cc(Cl)c(OCc3ccc(Cl)cc3Cl)c(Cl)c2)C1=O. The summed E-state index contributed by atoms with van der Waals surface area (Å²) in [7, 11) is 1.18. The fourth-order valence-electron chi connectivity index (χ4n) is 2.83. The first-order valence-corrected chi connectivity index (χ1v) is 11.4. The number of benzene rings is 2. The Morgan fingerprint density at radius 3 is 2.34 bits per heavy atom. The van der Waals surface area contributed by atoms with E-state index in [1.807, 2.05) is 0 Å². The Labute approximate surface area is 208 Å². The number of esters is 1. The summed E-state index contributed by atoms with van der Waals surface area (Å²) in [5.74, 6) is -1.06. The van der Waals surface area contributed by atoms with Crippen molar-refractivity contribution in [3.05, 3.63) is 66.5 Å². The lowest BCUT2D eigenvalue weighted by Crippen LogP contribution is -2.42. The predicted molar refractivity (Wildman–Crippen MR) is 127 cm³/mol. The number of halogens is 4. The highest BCUT2D eigenvalue weighted by Gasteiger charge is 2.41. The Kier molecular flexibility index (Phi) is 8.01. The predicted octanol–water partition coefficient (Wildman–Crippen LogP) is 6.48. The van der Waals surface area contributed by atoms with Gasteiger partial charge in [-0.15, -0.1) is 0 Å². The average molecular weight is 535 g/mol. The van der Waals surface area contributed by atoms with Crippen LogP contribution in [0.25, 0.3) is 6.08 Å². The molecule has 2 aromatic carbocycles. The van der Waals surface area contributed by atoms with Gasteiger partial charge in [0.25, 0.3) is 11.1 Å². The van der Waals surface area contributed by atoms with Gasteiger partial charge >= 0.3 is 5.97 Å². The van der Waals surface area contributed by atoms with Gasteiger partial charge in [0.2, 0.25) is 0 Å². The fraction of sp³-hybridized carbons (Fsp3) is 0.190. The molecule has 0 unspecified atom stereocenters. The Balaban J connectivity index is 1.80. The molecule has 168 valence electrons. The van der Waals surface area contributed by atoms with E-state index in [9.17, 15) is 14.4 Å². The van der Waals surface area contributed by atoms with E-state index in [-0.39, 0.29) is 27.3 Å². The lowest BCUT2D eigenvalue weighted by molar-refractivity contribution is -0.148. The van der Waals surface area contributed by atoms with Gasteiger partial charge in [-0.1, -0.05) is 52.5 Å². The second-order valence-corrected chi connectivity index (χ2v) is 9.24. The van der Waals surface area contributed by atoms with Crippen molar-refractivity contribution in [2.45, 2.75) is 19.6 Å². The molecule has 1 fully saturated rings. The molecule has 1 saturated heterocycles. The van der Waals surface area contributed by atoms with E-state index in [0.717, 1.165) is 4.90 Å². The number of carbonyl (C=O) groups excluding carboxylic acids is 3. The molecular weight excluding hydrogens is 520 g/mol. The number of hydrogen-bond acceptors (Lipinski definition) is 6. The van der Waals surface area contributed by atoms with Crippen molar-refractivity contribution in [1.29, 1.82) is 0 Å². The summed E-state index contributed by atoms with van der Waals surface area (Å²) in [6.45, 7) is 1.52. The number of hydrogen-bond donors (Lipinski definition) is 0. The highest BCUT2D eigenvalue weighted by molar-refractivity contribution is 8.18. The Bertz CT molecular complexity index is 1110. The van der Waals surface area contributed by atoms with Crippen LogP contribution in [0.3, 0.4) is 0 Å². The maximum absolute atomic E-state index is 12.6. The molecule has 3 rings (SSSR count). The second kappa shape index (κ2) is 10.4. The van der Waals surface area contributed by atoms with Crippen LogP contribution < -0.4 is 4.74 Å². The number of carbonyl (C=O) groups is 3. The van der Waals surface area contributed by atoms with Crippen molar-refractivity contribution in [3.8, 4) is 5.75 Å². The number of amides is 2. The van der Waals surface area contributed by atoms with Gasteiger partial charge in [0.1, 0.15) is 12.6 Å². The maximum atomic E-state index is 12.6. The number of nitrogens with zero attached hydrogens (tertiary/aromatic N) is 1. The van der Waals surface area contributed by atoms with Crippen LogP contribution in [0.4, 0.5) is 4.79 Å². The monoisotopic (exact) mass is 533 g/mol. The molecule has 1 atom stereocenters. The van der Waals surface area contributed by atoms with Gasteiger partial charge in [-0.05, 0) is 54.6 Å². The van der Waals surface area contributed by atoms with E-state index in [0.29, 0.717) is 32.9 Å². The molecule has 11 heteroatoms. The zero-order valence-corrected chi connectivity index (χ0v) is 20.5. The third-order valence-corrected chi connectivity index (χ3v) is 6.49. The third-order valence-electron chi connectivity index (χ3n) is 4.46. The summed E-state index contributed by atoms with van der Waals surface area (Å²) < 4.78 is 10.3. The molecule has 6 nitrogen and oxygen atoms in total. The lowest BCUT2D eigenvalue weighted by atomic mass is 10.2. The van der Waals surface area contributed by atoms with Crippen LogP contribution in [0.5, 0.6) is 5.75 Å². The first-order valence-electron chi connectivity index (χ1n) is 9.03. The van der Waals surface area contributed by atoms with Crippen LogP contribution in [0.2, 0.25) is 20.1 Å². The van der Waals surface area contributed by atoms with Gasteiger partial charge < -0.3 is 9.47 Å². The normalized spacial score (nSPS) is 15.9. The smallest absolute Gasteiger partial charge is 0.328 e. The van der Waals surface area contributed by atoms with Crippen molar-refractivity contribution in [2.75, 3.05) is 7.11 Å². The van der Waals surface area contributed by atoms with Crippen LogP contribution in [0.1, 0.15) is 18.1 Å². The summed E-state index contributed by atoms with van der Waals surface area (Å²) in [5, 5.41) is 0.783. The number of methoxy groups -OCH3 is 1. The zero-order valence-electron chi connectivity index (χ0n) is 16.7. The summed E-state index contributed by atoms with van der Waals surface area (Å²) in [4.78, 5) is 37.6. The number of rotatable bonds is 6. The quantitative estimate of drug-likeness (QED) is 0.312. The fourth-order valence-corrected chi connectivity index (χ4v) is 4.81. The Morgan fingerprint density at radius 2 is 1.75 bits per heavy atom. The molecule has 0 bridgehead atoms. The highest BCUT2D eigenvalue weighted by atomic mass is 35.5. The van der Waals surface area contributed by atoms with E-state index < -0.39 is 23.2 Å². The molecule has 0 radical (unpaired) electrons. The van der Waals surface area contributed by atoms with Crippen LogP contribution >= 0.6 is 58.2 Å². The molecule has 0 aliphatic carbocycles.